The normalized spacial score (nSPS) is 10.7. The second kappa shape index (κ2) is 7.73. The highest BCUT2D eigenvalue weighted by molar-refractivity contribution is 5.92. The van der Waals surface area contributed by atoms with Gasteiger partial charge in [0.1, 0.15) is 0 Å². The molecule has 0 spiro atoms. The Hall–Kier alpha value is -2.69. The molecule has 5 heteroatoms. The first-order valence-electron chi connectivity index (χ1n) is 8.00. The number of aryl methyl sites for hydroxylation is 2. The largest absolute Gasteiger partial charge is 0.326 e. The van der Waals surface area contributed by atoms with Gasteiger partial charge >= 0.3 is 0 Å². The van der Waals surface area contributed by atoms with Gasteiger partial charge in [-0.05, 0) is 36.0 Å². The van der Waals surface area contributed by atoms with Crippen LogP contribution in [-0.2, 0) is 11.2 Å². The minimum absolute atomic E-state index is 0.0276. The number of nitro benzene ring substituents is 1. The van der Waals surface area contributed by atoms with Crippen LogP contribution in [0.2, 0.25) is 0 Å². The molecule has 0 heterocycles. The molecule has 1 N–H and O–H groups in total. The number of carbonyl (C=O) groups excluding carboxylic acids is 1. The lowest BCUT2D eigenvalue weighted by Gasteiger charge is -2.09. The fourth-order valence-corrected chi connectivity index (χ4v) is 2.40. The maximum Gasteiger partial charge on any atom is 0.271 e. The van der Waals surface area contributed by atoms with E-state index in [4.69, 9.17) is 0 Å². The van der Waals surface area contributed by atoms with Crippen molar-refractivity contribution in [2.24, 2.45) is 0 Å². The highest BCUT2D eigenvalue weighted by atomic mass is 16.6. The maximum atomic E-state index is 12.1. The third-order valence-electron chi connectivity index (χ3n) is 3.99. The van der Waals surface area contributed by atoms with Crippen LogP contribution >= 0.6 is 0 Å². The number of hydrogen-bond acceptors (Lipinski definition) is 3. The van der Waals surface area contributed by atoms with Crippen molar-refractivity contribution in [3.05, 3.63) is 69.3 Å². The molecule has 1 amide bonds. The molecule has 0 fully saturated rings. The van der Waals surface area contributed by atoms with Crippen molar-refractivity contribution in [1.29, 1.82) is 0 Å². The third kappa shape index (κ3) is 4.65. The number of nitrogens with one attached hydrogen (secondary N) is 1. The molecule has 0 saturated heterocycles. The summed E-state index contributed by atoms with van der Waals surface area (Å²) in [5.74, 6) is 0.339. The quantitative estimate of drug-likeness (QED) is 0.623. The monoisotopic (exact) mass is 326 g/mol. The molecule has 2 aromatic rings. The molecule has 0 bridgehead atoms. The molecular formula is C19H22N2O3. The second-order valence-corrected chi connectivity index (χ2v) is 6.20. The second-order valence-electron chi connectivity index (χ2n) is 6.20. The van der Waals surface area contributed by atoms with Gasteiger partial charge in [0, 0.05) is 18.6 Å². The Morgan fingerprint density at radius 1 is 1.17 bits per heavy atom. The van der Waals surface area contributed by atoms with E-state index in [0.717, 1.165) is 11.1 Å². The van der Waals surface area contributed by atoms with Crippen LogP contribution in [0.1, 0.15) is 42.9 Å². The Balaban J connectivity index is 1.96. The molecule has 24 heavy (non-hydrogen) atoms. The van der Waals surface area contributed by atoms with Crippen LogP contribution in [-0.4, -0.2) is 10.8 Å². The molecule has 0 aliphatic rings. The number of nitrogens with zero attached hydrogens (tertiary/aromatic N) is 1. The van der Waals surface area contributed by atoms with Crippen LogP contribution in [0.15, 0.2) is 42.5 Å². The van der Waals surface area contributed by atoms with Crippen LogP contribution in [0, 0.1) is 17.0 Å². The predicted octanol–water partition coefficient (Wildman–Crippen LogP) is 4.60. The first kappa shape index (κ1) is 17.7. The molecule has 0 saturated carbocycles. The molecule has 0 atom stereocenters. The Labute approximate surface area is 141 Å². The molecule has 5 nitrogen and oxygen atoms in total. The van der Waals surface area contributed by atoms with Crippen molar-refractivity contribution in [3.8, 4) is 0 Å². The SMILES string of the molecule is Cc1ccc([N+](=O)[O-])cc1NC(=O)CCc1ccc(C(C)C)cc1. The number of nitro groups is 1. The lowest BCUT2D eigenvalue weighted by atomic mass is 10.0. The van der Waals surface area contributed by atoms with E-state index in [1.54, 1.807) is 6.07 Å². The number of carbonyl (C=O) groups is 1. The lowest BCUT2D eigenvalue weighted by molar-refractivity contribution is -0.384. The van der Waals surface area contributed by atoms with Gasteiger partial charge in [-0.25, -0.2) is 0 Å². The zero-order chi connectivity index (χ0) is 17.7. The highest BCUT2D eigenvalue weighted by Crippen LogP contribution is 2.22. The average Bonchev–Trinajstić information content (AvgIpc) is 2.55. The summed E-state index contributed by atoms with van der Waals surface area (Å²) in [6, 6.07) is 12.7. The van der Waals surface area contributed by atoms with E-state index in [1.807, 2.05) is 19.1 Å². The molecule has 2 rings (SSSR count). The molecule has 0 aliphatic heterocycles. The molecule has 0 unspecified atom stereocenters. The number of amides is 1. The van der Waals surface area contributed by atoms with Gasteiger partial charge in [0.2, 0.25) is 5.91 Å². The molecular weight excluding hydrogens is 304 g/mol. The predicted molar refractivity (Wildman–Crippen MR) is 95.3 cm³/mol. The highest BCUT2D eigenvalue weighted by Gasteiger charge is 2.11. The van der Waals surface area contributed by atoms with Crippen LogP contribution in [0.5, 0.6) is 0 Å². The average molecular weight is 326 g/mol. The molecule has 0 aliphatic carbocycles. The summed E-state index contributed by atoms with van der Waals surface area (Å²) < 4.78 is 0. The summed E-state index contributed by atoms with van der Waals surface area (Å²) in [5, 5.41) is 13.6. The van der Waals surface area contributed by atoms with Crippen molar-refractivity contribution < 1.29 is 9.72 Å². The van der Waals surface area contributed by atoms with E-state index in [0.29, 0.717) is 24.4 Å². The Morgan fingerprint density at radius 2 is 1.83 bits per heavy atom. The fraction of sp³-hybridized carbons (Fsp3) is 0.316. The van der Waals surface area contributed by atoms with Gasteiger partial charge in [0.05, 0.1) is 10.6 Å². The smallest absolute Gasteiger partial charge is 0.271 e. The topological polar surface area (TPSA) is 72.2 Å². The minimum Gasteiger partial charge on any atom is -0.326 e. The van der Waals surface area contributed by atoms with Gasteiger partial charge in [0.25, 0.3) is 5.69 Å². The lowest BCUT2D eigenvalue weighted by Crippen LogP contribution is -2.13. The number of non-ortho nitro benzene ring substituents is 1. The molecule has 2 aromatic carbocycles. The van der Waals surface area contributed by atoms with Crippen LogP contribution in [0.4, 0.5) is 11.4 Å². The fourth-order valence-electron chi connectivity index (χ4n) is 2.40. The summed E-state index contributed by atoms with van der Waals surface area (Å²) >= 11 is 0. The van der Waals surface area contributed by atoms with E-state index in [2.05, 4.69) is 31.3 Å². The molecule has 126 valence electrons. The Kier molecular flexibility index (Phi) is 5.68. The van der Waals surface area contributed by atoms with E-state index in [-0.39, 0.29) is 11.6 Å². The Morgan fingerprint density at radius 3 is 2.42 bits per heavy atom. The van der Waals surface area contributed by atoms with Crippen LogP contribution in [0.25, 0.3) is 0 Å². The van der Waals surface area contributed by atoms with Crippen molar-refractivity contribution in [1.82, 2.24) is 0 Å². The summed E-state index contributed by atoms with van der Waals surface area (Å²) in [6.45, 7) is 6.09. The standard InChI is InChI=1S/C19H22N2O3/c1-13(2)16-8-5-15(6-9-16)7-11-19(22)20-18-12-17(21(23)24)10-4-14(18)3/h4-6,8-10,12-13H,7,11H2,1-3H3,(H,20,22). The zero-order valence-corrected chi connectivity index (χ0v) is 14.2. The summed E-state index contributed by atoms with van der Waals surface area (Å²) in [6.07, 6.45) is 0.974. The summed E-state index contributed by atoms with van der Waals surface area (Å²) in [7, 11) is 0. The zero-order valence-electron chi connectivity index (χ0n) is 14.2. The van der Waals surface area contributed by atoms with Gasteiger partial charge < -0.3 is 5.32 Å². The van der Waals surface area contributed by atoms with Gasteiger partial charge in [-0.3, -0.25) is 14.9 Å². The number of anilines is 1. The Bertz CT molecular complexity index is 737. The van der Waals surface area contributed by atoms with Gasteiger partial charge in [-0.2, -0.15) is 0 Å². The van der Waals surface area contributed by atoms with Crippen molar-refractivity contribution in [2.45, 2.75) is 39.5 Å². The van der Waals surface area contributed by atoms with Gasteiger partial charge in [-0.1, -0.05) is 44.2 Å². The van der Waals surface area contributed by atoms with E-state index in [1.165, 1.54) is 17.7 Å². The first-order chi connectivity index (χ1) is 11.4. The number of rotatable bonds is 6. The number of hydrogen-bond donors (Lipinski definition) is 1. The van der Waals surface area contributed by atoms with Crippen LogP contribution < -0.4 is 5.32 Å². The van der Waals surface area contributed by atoms with E-state index >= 15 is 0 Å². The first-order valence-corrected chi connectivity index (χ1v) is 8.00. The van der Waals surface area contributed by atoms with Crippen molar-refractivity contribution >= 4 is 17.3 Å². The number of benzene rings is 2. The van der Waals surface area contributed by atoms with Crippen molar-refractivity contribution in [2.75, 3.05) is 5.32 Å². The van der Waals surface area contributed by atoms with E-state index < -0.39 is 4.92 Å². The minimum atomic E-state index is -0.467. The molecule has 0 radical (unpaired) electrons. The summed E-state index contributed by atoms with van der Waals surface area (Å²) in [5.41, 5.74) is 3.64. The van der Waals surface area contributed by atoms with Crippen molar-refractivity contribution in [3.63, 3.8) is 0 Å². The van der Waals surface area contributed by atoms with E-state index in [9.17, 15) is 14.9 Å². The summed E-state index contributed by atoms with van der Waals surface area (Å²) in [4.78, 5) is 22.5. The molecule has 0 aromatic heterocycles. The maximum absolute atomic E-state index is 12.1. The third-order valence-corrected chi connectivity index (χ3v) is 3.99. The van der Waals surface area contributed by atoms with Gasteiger partial charge in [-0.15, -0.1) is 0 Å². The van der Waals surface area contributed by atoms with Crippen LogP contribution in [0.3, 0.4) is 0 Å². The van der Waals surface area contributed by atoms with Gasteiger partial charge in [0.15, 0.2) is 0 Å².